The summed E-state index contributed by atoms with van der Waals surface area (Å²) in [7, 11) is 1.60. The first-order valence-electron chi connectivity index (χ1n) is 11.8. The number of aromatic carboxylic acids is 1. The zero-order valence-electron chi connectivity index (χ0n) is 20.6. The van der Waals surface area contributed by atoms with Crippen LogP contribution in [-0.4, -0.2) is 23.2 Å². The van der Waals surface area contributed by atoms with E-state index in [9.17, 15) is 9.90 Å². The van der Waals surface area contributed by atoms with Gasteiger partial charge >= 0.3 is 5.97 Å². The standard InChI is InChI=1S/C30H29NO5/c1-20(2)23-11-7-8-12-28(23)36-19-27-25(30(32)33)15-16-26(31-27)24-14-13-22(34-3)17-29(24)35-18-21-9-5-4-6-10-21/h4-17,20H,18-19H2,1-3H3,(H,32,33). The second-order valence-electron chi connectivity index (χ2n) is 8.61. The molecule has 0 aliphatic rings. The Balaban J connectivity index is 1.67. The molecular weight excluding hydrogens is 454 g/mol. The van der Waals surface area contributed by atoms with Crippen molar-refractivity contribution >= 4 is 5.97 Å². The van der Waals surface area contributed by atoms with Crippen LogP contribution in [0.15, 0.2) is 84.9 Å². The molecule has 1 N–H and O–H groups in total. The molecule has 0 aliphatic carbocycles. The SMILES string of the molecule is COc1ccc(-c2ccc(C(=O)O)c(COc3ccccc3C(C)C)n2)c(OCc2ccccc2)c1. The molecule has 4 rings (SSSR count). The smallest absolute Gasteiger partial charge is 0.337 e. The maximum Gasteiger partial charge on any atom is 0.337 e. The van der Waals surface area contributed by atoms with Crippen LogP contribution >= 0.6 is 0 Å². The van der Waals surface area contributed by atoms with Gasteiger partial charge in [-0.3, -0.25) is 0 Å². The highest BCUT2D eigenvalue weighted by atomic mass is 16.5. The second kappa shape index (κ2) is 11.4. The highest BCUT2D eigenvalue weighted by Gasteiger charge is 2.17. The summed E-state index contributed by atoms with van der Waals surface area (Å²) in [6, 6.07) is 26.4. The number of pyridine rings is 1. The third kappa shape index (κ3) is 5.84. The molecule has 4 aromatic rings. The first-order valence-corrected chi connectivity index (χ1v) is 11.8. The topological polar surface area (TPSA) is 77.9 Å². The molecular formula is C30H29NO5. The number of nitrogens with zero attached hydrogens (tertiary/aromatic N) is 1. The van der Waals surface area contributed by atoms with E-state index in [4.69, 9.17) is 19.2 Å². The highest BCUT2D eigenvalue weighted by Crippen LogP contribution is 2.34. The van der Waals surface area contributed by atoms with E-state index in [0.29, 0.717) is 35.2 Å². The Hall–Kier alpha value is -4.32. The maximum atomic E-state index is 11.9. The van der Waals surface area contributed by atoms with Gasteiger partial charge in [-0.15, -0.1) is 0 Å². The zero-order chi connectivity index (χ0) is 25.5. The summed E-state index contributed by atoms with van der Waals surface area (Å²) in [5.41, 5.74) is 3.83. The molecule has 184 valence electrons. The molecule has 0 radical (unpaired) electrons. The number of carboxylic acid groups (broad SMARTS) is 1. The van der Waals surface area contributed by atoms with Gasteiger partial charge in [0.2, 0.25) is 0 Å². The first kappa shape index (κ1) is 24.8. The van der Waals surface area contributed by atoms with E-state index in [2.05, 4.69) is 13.8 Å². The molecule has 0 atom stereocenters. The predicted octanol–water partition coefficient (Wildman–Crippen LogP) is 6.74. The number of hydrogen-bond acceptors (Lipinski definition) is 5. The summed E-state index contributed by atoms with van der Waals surface area (Å²) in [6.07, 6.45) is 0. The summed E-state index contributed by atoms with van der Waals surface area (Å²) in [6.45, 7) is 4.57. The monoisotopic (exact) mass is 483 g/mol. The van der Waals surface area contributed by atoms with Gasteiger partial charge in [0.25, 0.3) is 0 Å². The van der Waals surface area contributed by atoms with Crippen LogP contribution in [0.2, 0.25) is 0 Å². The van der Waals surface area contributed by atoms with Gasteiger partial charge in [0.05, 0.1) is 24.1 Å². The number of benzene rings is 3. The Morgan fingerprint density at radius 3 is 2.31 bits per heavy atom. The van der Waals surface area contributed by atoms with Crippen LogP contribution in [0, 0.1) is 0 Å². The minimum atomic E-state index is -1.06. The Kier molecular flexibility index (Phi) is 7.85. The van der Waals surface area contributed by atoms with Crippen LogP contribution in [0.4, 0.5) is 0 Å². The molecule has 3 aromatic carbocycles. The van der Waals surface area contributed by atoms with Gasteiger partial charge < -0.3 is 19.3 Å². The van der Waals surface area contributed by atoms with Crippen LogP contribution in [-0.2, 0) is 13.2 Å². The van der Waals surface area contributed by atoms with Crippen molar-refractivity contribution in [1.82, 2.24) is 4.98 Å². The molecule has 6 heteroatoms. The molecule has 0 saturated heterocycles. The summed E-state index contributed by atoms with van der Waals surface area (Å²) >= 11 is 0. The maximum absolute atomic E-state index is 11.9. The quantitative estimate of drug-likeness (QED) is 0.269. The van der Waals surface area contributed by atoms with Gasteiger partial charge in [0.1, 0.15) is 30.5 Å². The lowest BCUT2D eigenvalue weighted by molar-refractivity contribution is 0.0693. The van der Waals surface area contributed by atoms with E-state index >= 15 is 0 Å². The Morgan fingerprint density at radius 1 is 0.861 bits per heavy atom. The zero-order valence-corrected chi connectivity index (χ0v) is 20.6. The number of methoxy groups -OCH3 is 1. The van der Waals surface area contributed by atoms with Crippen LogP contribution < -0.4 is 14.2 Å². The van der Waals surface area contributed by atoms with E-state index in [0.717, 1.165) is 16.7 Å². The van der Waals surface area contributed by atoms with Crippen LogP contribution in [0.25, 0.3) is 11.3 Å². The molecule has 0 spiro atoms. The fourth-order valence-electron chi connectivity index (χ4n) is 3.89. The molecule has 36 heavy (non-hydrogen) atoms. The Morgan fingerprint density at radius 2 is 1.58 bits per heavy atom. The number of para-hydroxylation sites is 1. The van der Waals surface area contributed by atoms with Crippen molar-refractivity contribution in [2.45, 2.75) is 33.0 Å². The fraction of sp³-hybridized carbons (Fsp3) is 0.200. The van der Waals surface area contributed by atoms with Crippen molar-refractivity contribution in [1.29, 1.82) is 0 Å². The molecule has 6 nitrogen and oxygen atoms in total. The predicted molar refractivity (Wildman–Crippen MR) is 139 cm³/mol. The minimum Gasteiger partial charge on any atom is -0.497 e. The molecule has 0 bridgehead atoms. The molecule has 1 aromatic heterocycles. The Labute approximate surface area is 211 Å². The van der Waals surface area contributed by atoms with Crippen LogP contribution in [0.1, 0.15) is 46.9 Å². The van der Waals surface area contributed by atoms with Gasteiger partial charge in [-0.1, -0.05) is 62.4 Å². The first-order chi connectivity index (χ1) is 17.5. The fourth-order valence-corrected chi connectivity index (χ4v) is 3.89. The number of carboxylic acids is 1. The lowest BCUT2D eigenvalue weighted by Gasteiger charge is -2.16. The summed E-state index contributed by atoms with van der Waals surface area (Å²) in [4.78, 5) is 16.6. The van der Waals surface area contributed by atoms with Gasteiger partial charge in [-0.25, -0.2) is 9.78 Å². The molecule has 0 amide bonds. The van der Waals surface area contributed by atoms with E-state index in [1.54, 1.807) is 25.3 Å². The van der Waals surface area contributed by atoms with Crippen molar-refractivity contribution in [3.8, 4) is 28.5 Å². The number of hydrogen-bond donors (Lipinski definition) is 1. The normalized spacial score (nSPS) is 10.8. The lowest BCUT2D eigenvalue weighted by atomic mass is 10.0. The van der Waals surface area contributed by atoms with Crippen LogP contribution in [0.3, 0.4) is 0 Å². The lowest BCUT2D eigenvalue weighted by Crippen LogP contribution is -2.10. The van der Waals surface area contributed by atoms with Crippen molar-refractivity contribution in [2.24, 2.45) is 0 Å². The third-order valence-electron chi connectivity index (χ3n) is 5.81. The average molecular weight is 484 g/mol. The number of carbonyl (C=O) groups is 1. The van der Waals surface area contributed by atoms with Gasteiger partial charge in [-0.05, 0) is 47.4 Å². The van der Waals surface area contributed by atoms with Crippen molar-refractivity contribution in [2.75, 3.05) is 7.11 Å². The molecule has 0 aliphatic heterocycles. The van der Waals surface area contributed by atoms with E-state index in [1.165, 1.54) is 0 Å². The average Bonchev–Trinajstić information content (AvgIpc) is 2.91. The number of aromatic nitrogens is 1. The number of ether oxygens (including phenoxy) is 3. The number of rotatable bonds is 10. The Bertz CT molecular complexity index is 1330. The summed E-state index contributed by atoms with van der Waals surface area (Å²) in [5.74, 6) is 1.17. The molecule has 1 heterocycles. The van der Waals surface area contributed by atoms with E-state index < -0.39 is 5.97 Å². The minimum absolute atomic E-state index is 0.0234. The summed E-state index contributed by atoms with van der Waals surface area (Å²) < 4.78 is 17.6. The van der Waals surface area contributed by atoms with Crippen molar-refractivity contribution in [3.63, 3.8) is 0 Å². The van der Waals surface area contributed by atoms with Gasteiger partial charge in [-0.2, -0.15) is 0 Å². The van der Waals surface area contributed by atoms with E-state index in [1.807, 2.05) is 66.7 Å². The van der Waals surface area contributed by atoms with Gasteiger partial charge in [0.15, 0.2) is 0 Å². The van der Waals surface area contributed by atoms with Gasteiger partial charge in [0, 0.05) is 11.6 Å². The highest BCUT2D eigenvalue weighted by molar-refractivity contribution is 5.89. The molecule has 0 saturated carbocycles. The largest absolute Gasteiger partial charge is 0.497 e. The van der Waals surface area contributed by atoms with Crippen LogP contribution in [0.5, 0.6) is 17.2 Å². The molecule has 0 fully saturated rings. The van der Waals surface area contributed by atoms with E-state index in [-0.39, 0.29) is 18.1 Å². The van der Waals surface area contributed by atoms with Crippen molar-refractivity contribution in [3.05, 3.63) is 107 Å². The summed E-state index contributed by atoms with van der Waals surface area (Å²) in [5, 5.41) is 9.76. The van der Waals surface area contributed by atoms with Crippen molar-refractivity contribution < 1.29 is 24.1 Å². The molecule has 0 unspecified atom stereocenters. The third-order valence-corrected chi connectivity index (χ3v) is 5.81. The second-order valence-corrected chi connectivity index (χ2v) is 8.61.